The number of nitrogens with one attached hydrogen (secondary N) is 1. The van der Waals surface area contributed by atoms with E-state index in [4.69, 9.17) is 9.47 Å². The fourth-order valence-corrected chi connectivity index (χ4v) is 2.63. The minimum absolute atomic E-state index is 0.257. The number of esters is 1. The highest BCUT2D eigenvalue weighted by atomic mass is 16.5. The van der Waals surface area contributed by atoms with Crippen molar-refractivity contribution in [3.63, 3.8) is 0 Å². The van der Waals surface area contributed by atoms with Crippen LogP contribution in [-0.2, 0) is 9.53 Å². The van der Waals surface area contributed by atoms with E-state index in [0.29, 0.717) is 0 Å². The molecule has 4 heteroatoms. The van der Waals surface area contributed by atoms with Crippen molar-refractivity contribution in [1.29, 1.82) is 0 Å². The van der Waals surface area contributed by atoms with Gasteiger partial charge in [-0.2, -0.15) is 0 Å². The zero-order chi connectivity index (χ0) is 16.9. The Balaban J connectivity index is 2.44. The minimum atomic E-state index is -0.753. The molecule has 0 radical (unpaired) electrons. The maximum absolute atomic E-state index is 12.3. The van der Waals surface area contributed by atoms with Crippen LogP contribution < -0.4 is 10.1 Å². The van der Waals surface area contributed by atoms with Crippen molar-refractivity contribution >= 4 is 11.7 Å². The standard InChI is InChI=1S/C19H23NO3/c1-19(2,18(21)23-4)17(14-10-6-5-7-11-14)20-15-12-8-9-13-16(15)22-3/h5-13,17,20H,1-4H3. The number of hydrogen-bond acceptors (Lipinski definition) is 4. The molecule has 0 bridgehead atoms. The molecule has 0 heterocycles. The van der Waals surface area contributed by atoms with E-state index in [2.05, 4.69) is 5.32 Å². The molecule has 4 nitrogen and oxygen atoms in total. The fourth-order valence-electron chi connectivity index (χ4n) is 2.63. The number of anilines is 1. The first-order chi connectivity index (χ1) is 11.0. The van der Waals surface area contributed by atoms with Crippen molar-refractivity contribution in [2.75, 3.05) is 19.5 Å². The molecule has 0 aliphatic heterocycles. The molecule has 1 atom stereocenters. The summed E-state index contributed by atoms with van der Waals surface area (Å²) in [7, 11) is 3.04. The van der Waals surface area contributed by atoms with Gasteiger partial charge in [0.1, 0.15) is 5.75 Å². The van der Waals surface area contributed by atoms with Crippen molar-refractivity contribution < 1.29 is 14.3 Å². The third-order valence-electron chi connectivity index (χ3n) is 3.97. The van der Waals surface area contributed by atoms with Crippen LogP contribution in [-0.4, -0.2) is 20.2 Å². The van der Waals surface area contributed by atoms with Crippen LogP contribution in [0.15, 0.2) is 54.6 Å². The minimum Gasteiger partial charge on any atom is -0.495 e. The molecule has 0 fully saturated rings. The molecule has 0 amide bonds. The molecule has 0 saturated carbocycles. The molecule has 1 unspecified atom stereocenters. The van der Waals surface area contributed by atoms with E-state index in [1.165, 1.54) is 7.11 Å². The van der Waals surface area contributed by atoms with Gasteiger partial charge in [-0.1, -0.05) is 42.5 Å². The van der Waals surface area contributed by atoms with Crippen LogP contribution in [0.1, 0.15) is 25.5 Å². The fraction of sp³-hybridized carbons (Fsp3) is 0.316. The van der Waals surface area contributed by atoms with Gasteiger partial charge in [0, 0.05) is 0 Å². The highest BCUT2D eigenvalue weighted by molar-refractivity contribution is 5.78. The SMILES string of the molecule is COC(=O)C(C)(C)C(Nc1ccccc1OC)c1ccccc1. The number of hydrogen-bond donors (Lipinski definition) is 1. The molecule has 0 spiro atoms. The van der Waals surface area contributed by atoms with Gasteiger partial charge in [0.2, 0.25) is 0 Å². The van der Waals surface area contributed by atoms with Gasteiger partial charge in [0.15, 0.2) is 0 Å². The zero-order valence-corrected chi connectivity index (χ0v) is 14.0. The van der Waals surface area contributed by atoms with Gasteiger partial charge >= 0.3 is 5.97 Å². The maximum Gasteiger partial charge on any atom is 0.313 e. The Morgan fingerprint density at radius 3 is 2.22 bits per heavy atom. The Kier molecular flexibility index (Phi) is 5.27. The van der Waals surface area contributed by atoms with Gasteiger partial charge < -0.3 is 14.8 Å². The van der Waals surface area contributed by atoms with Crippen LogP contribution in [0.2, 0.25) is 0 Å². The van der Waals surface area contributed by atoms with E-state index in [0.717, 1.165) is 17.0 Å². The summed E-state index contributed by atoms with van der Waals surface area (Å²) in [5.74, 6) is 0.461. The number of methoxy groups -OCH3 is 2. The molecule has 0 aliphatic carbocycles. The molecule has 0 aliphatic rings. The van der Waals surface area contributed by atoms with E-state index in [9.17, 15) is 4.79 Å². The third kappa shape index (κ3) is 3.65. The number of carbonyl (C=O) groups is 1. The summed E-state index contributed by atoms with van der Waals surface area (Å²) in [6.07, 6.45) is 0. The Hall–Kier alpha value is -2.49. The van der Waals surface area contributed by atoms with E-state index >= 15 is 0 Å². The van der Waals surface area contributed by atoms with Crippen molar-refractivity contribution in [1.82, 2.24) is 0 Å². The molecular weight excluding hydrogens is 290 g/mol. The number of carbonyl (C=O) groups excluding carboxylic acids is 1. The topological polar surface area (TPSA) is 47.6 Å². The van der Waals surface area contributed by atoms with Crippen LogP contribution in [0.5, 0.6) is 5.75 Å². The first kappa shape index (κ1) is 16.9. The number of benzene rings is 2. The molecule has 0 saturated heterocycles. The van der Waals surface area contributed by atoms with E-state index in [-0.39, 0.29) is 12.0 Å². The average molecular weight is 313 g/mol. The van der Waals surface area contributed by atoms with Gasteiger partial charge in [-0.15, -0.1) is 0 Å². The average Bonchev–Trinajstić information content (AvgIpc) is 2.59. The van der Waals surface area contributed by atoms with Gasteiger partial charge in [-0.3, -0.25) is 4.79 Å². The molecule has 2 rings (SSSR count). The summed E-state index contributed by atoms with van der Waals surface area (Å²) in [4.78, 5) is 12.3. The molecule has 122 valence electrons. The molecule has 2 aromatic rings. The number of rotatable bonds is 6. The van der Waals surface area contributed by atoms with Crippen LogP contribution in [0, 0.1) is 5.41 Å². The summed E-state index contributed by atoms with van der Waals surface area (Å²) in [5.41, 5.74) is 1.09. The van der Waals surface area contributed by atoms with Crippen LogP contribution in [0.4, 0.5) is 5.69 Å². The van der Waals surface area contributed by atoms with E-state index < -0.39 is 5.41 Å². The van der Waals surface area contributed by atoms with Gasteiger partial charge in [-0.25, -0.2) is 0 Å². The highest BCUT2D eigenvalue weighted by Gasteiger charge is 2.39. The lowest BCUT2D eigenvalue weighted by molar-refractivity contribution is -0.151. The zero-order valence-electron chi connectivity index (χ0n) is 14.0. The Morgan fingerprint density at radius 2 is 1.61 bits per heavy atom. The van der Waals surface area contributed by atoms with Gasteiger partial charge in [0.25, 0.3) is 0 Å². The molecule has 2 aromatic carbocycles. The first-order valence-corrected chi connectivity index (χ1v) is 7.53. The van der Waals surface area contributed by atoms with Crippen molar-refractivity contribution in [3.05, 3.63) is 60.2 Å². The number of para-hydroxylation sites is 2. The van der Waals surface area contributed by atoms with Crippen molar-refractivity contribution in [2.24, 2.45) is 5.41 Å². The van der Waals surface area contributed by atoms with Crippen LogP contribution >= 0.6 is 0 Å². The summed E-state index contributed by atoms with van der Waals surface area (Å²) >= 11 is 0. The summed E-state index contributed by atoms with van der Waals surface area (Å²) in [6, 6.07) is 17.3. The Labute approximate surface area is 137 Å². The highest BCUT2D eigenvalue weighted by Crippen LogP contribution is 2.39. The Bertz CT molecular complexity index is 653. The maximum atomic E-state index is 12.3. The summed E-state index contributed by atoms with van der Waals surface area (Å²) in [5, 5.41) is 3.44. The normalized spacial score (nSPS) is 12.3. The number of ether oxygens (including phenoxy) is 2. The van der Waals surface area contributed by atoms with Crippen molar-refractivity contribution in [3.8, 4) is 5.75 Å². The molecule has 1 N–H and O–H groups in total. The van der Waals surface area contributed by atoms with Gasteiger partial charge in [-0.05, 0) is 31.5 Å². The molecular formula is C19H23NO3. The molecule has 0 aromatic heterocycles. The lowest BCUT2D eigenvalue weighted by Gasteiger charge is -2.34. The second-order valence-electron chi connectivity index (χ2n) is 5.90. The van der Waals surface area contributed by atoms with Crippen molar-refractivity contribution in [2.45, 2.75) is 19.9 Å². The largest absolute Gasteiger partial charge is 0.495 e. The van der Waals surface area contributed by atoms with E-state index in [1.54, 1.807) is 7.11 Å². The molecule has 23 heavy (non-hydrogen) atoms. The first-order valence-electron chi connectivity index (χ1n) is 7.53. The van der Waals surface area contributed by atoms with Gasteiger partial charge in [0.05, 0.1) is 31.4 Å². The second-order valence-corrected chi connectivity index (χ2v) is 5.90. The monoisotopic (exact) mass is 313 g/mol. The lowest BCUT2D eigenvalue weighted by atomic mass is 9.80. The summed E-state index contributed by atoms with van der Waals surface area (Å²) < 4.78 is 10.4. The Morgan fingerprint density at radius 1 is 1.00 bits per heavy atom. The quantitative estimate of drug-likeness (QED) is 0.817. The van der Waals surface area contributed by atoms with E-state index in [1.807, 2.05) is 68.4 Å². The third-order valence-corrected chi connectivity index (χ3v) is 3.97. The second kappa shape index (κ2) is 7.18. The lowest BCUT2D eigenvalue weighted by Crippen LogP contribution is -2.36. The summed E-state index contributed by atoms with van der Waals surface area (Å²) in [6.45, 7) is 3.75. The predicted octanol–water partition coefficient (Wildman–Crippen LogP) is 4.05. The van der Waals surface area contributed by atoms with Crippen LogP contribution in [0.25, 0.3) is 0 Å². The van der Waals surface area contributed by atoms with Crippen LogP contribution in [0.3, 0.4) is 0 Å². The predicted molar refractivity (Wildman–Crippen MR) is 91.6 cm³/mol. The smallest absolute Gasteiger partial charge is 0.313 e.